The van der Waals surface area contributed by atoms with Crippen LogP contribution in [0.4, 0.5) is 34.5 Å². The number of nitrogens with zero attached hydrogens (tertiary/aromatic N) is 2. The zero-order valence-electron chi connectivity index (χ0n) is 44.3. The maximum atomic E-state index is 7.49. The molecule has 6 nitrogen and oxygen atoms in total. The summed E-state index contributed by atoms with van der Waals surface area (Å²) < 4.78 is 27.5. The second kappa shape index (κ2) is 15.4. The van der Waals surface area contributed by atoms with Gasteiger partial charge in [-0.2, -0.15) is 0 Å². The van der Waals surface area contributed by atoms with Crippen LogP contribution in [0.2, 0.25) is 0 Å². The third-order valence-electron chi connectivity index (χ3n) is 16.2. The standard InChI is InChI=1S/C66H61BN2O4/c1-36-22-26-43(49-34-70-53-20-16-14-18-45(49)53)38(3)60(36)68-51-32-42(66(11,12)13)33-52-59(51)67(57-47-30-40(64(5,6)7)24-28-55(47)72-62(57)68)58-48-31-41(65(8,9)10)25-29-56(48)73-63(58)69(52)61-37(2)23-27-44(39(61)4)50-35-71-54-21-17-15-19-46(50)54/h14-35H,1-13H3. The minimum Gasteiger partial charge on any atom is -0.464 e. The van der Waals surface area contributed by atoms with Gasteiger partial charge in [-0.3, -0.25) is 9.80 Å². The number of rotatable bonds is 4. The highest BCUT2D eigenvalue weighted by Crippen LogP contribution is 2.53. The van der Waals surface area contributed by atoms with E-state index in [-0.39, 0.29) is 23.0 Å². The van der Waals surface area contributed by atoms with E-state index in [9.17, 15) is 0 Å². The van der Waals surface area contributed by atoms with Gasteiger partial charge < -0.3 is 17.7 Å². The lowest BCUT2D eigenvalue weighted by Crippen LogP contribution is -2.61. The summed E-state index contributed by atoms with van der Waals surface area (Å²) in [5.41, 5.74) is 23.6. The summed E-state index contributed by atoms with van der Waals surface area (Å²) in [7, 11) is 0. The third kappa shape index (κ3) is 6.63. The van der Waals surface area contributed by atoms with Crippen molar-refractivity contribution in [3.05, 3.63) is 173 Å². The number of aryl methyl sites for hydroxylation is 2. The molecule has 0 aliphatic carbocycles. The van der Waals surface area contributed by atoms with Crippen LogP contribution in [0.25, 0.3) is 66.1 Å². The van der Waals surface area contributed by atoms with E-state index in [4.69, 9.17) is 17.7 Å². The second-order valence-electron chi connectivity index (χ2n) is 23.9. The van der Waals surface area contributed by atoms with Crippen molar-refractivity contribution in [1.29, 1.82) is 0 Å². The Morgan fingerprint density at radius 1 is 0.384 bits per heavy atom. The minimum atomic E-state index is -0.257. The molecule has 6 heterocycles. The number of benzene rings is 7. The van der Waals surface area contributed by atoms with Crippen molar-refractivity contribution < 1.29 is 17.7 Å². The molecule has 0 amide bonds. The molecule has 0 N–H and O–H groups in total. The van der Waals surface area contributed by atoms with E-state index in [0.717, 1.165) is 134 Å². The number of para-hydroxylation sites is 2. The van der Waals surface area contributed by atoms with E-state index in [2.05, 4.69) is 197 Å². The Morgan fingerprint density at radius 2 is 0.795 bits per heavy atom. The molecule has 0 bridgehead atoms. The van der Waals surface area contributed by atoms with Crippen molar-refractivity contribution in [2.24, 2.45) is 0 Å². The lowest BCUT2D eigenvalue weighted by atomic mass is 9.33. The van der Waals surface area contributed by atoms with Crippen molar-refractivity contribution in [2.45, 2.75) is 106 Å². The SMILES string of the molecule is Cc1ccc(-c2coc3ccccc23)c(C)c1N1c2cc(C(C)(C)C)cc3c2B(c2c1oc1ccc(C(C)(C)C)cc21)c1c(oc2ccc(C(C)(C)C)cc12)N3c1c(C)ccc(-c2coc3ccccc23)c1C. The van der Waals surface area contributed by atoms with Crippen LogP contribution in [0, 0.1) is 27.7 Å². The van der Waals surface area contributed by atoms with Crippen LogP contribution in [0.1, 0.15) is 101 Å². The molecule has 7 heteroatoms. The molecule has 4 aromatic heterocycles. The molecule has 73 heavy (non-hydrogen) atoms. The molecule has 2 aliphatic rings. The van der Waals surface area contributed by atoms with Gasteiger partial charge in [-0.25, -0.2) is 0 Å². The lowest BCUT2D eigenvalue weighted by molar-refractivity contribution is 0.587. The molecule has 7 aromatic carbocycles. The van der Waals surface area contributed by atoms with Crippen LogP contribution in [0.15, 0.2) is 152 Å². The molecule has 0 spiro atoms. The van der Waals surface area contributed by atoms with Crippen molar-refractivity contribution >= 4 is 101 Å². The predicted octanol–water partition coefficient (Wildman–Crippen LogP) is 17.2. The van der Waals surface area contributed by atoms with Crippen molar-refractivity contribution in [3.63, 3.8) is 0 Å². The monoisotopic (exact) mass is 956 g/mol. The summed E-state index contributed by atoms with van der Waals surface area (Å²) in [5, 5.41) is 4.41. The number of anilines is 6. The third-order valence-corrected chi connectivity index (χ3v) is 16.2. The average molecular weight is 957 g/mol. The van der Waals surface area contributed by atoms with Gasteiger partial charge >= 0.3 is 0 Å². The predicted molar refractivity (Wildman–Crippen MR) is 305 cm³/mol. The van der Waals surface area contributed by atoms with Crippen molar-refractivity contribution in [2.75, 3.05) is 9.80 Å². The Balaban J connectivity index is 1.20. The van der Waals surface area contributed by atoms with Crippen LogP contribution >= 0.6 is 0 Å². The fraction of sp³-hybridized carbons (Fsp3) is 0.242. The molecule has 11 aromatic rings. The first-order chi connectivity index (χ1) is 34.8. The number of hydrogen-bond donors (Lipinski definition) is 0. The Hall–Kier alpha value is -7.64. The normalized spacial score (nSPS) is 13.7. The summed E-state index contributed by atoms with van der Waals surface area (Å²) in [5.74, 6) is 1.66. The summed E-state index contributed by atoms with van der Waals surface area (Å²) in [4.78, 5) is 4.96. The van der Waals surface area contributed by atoms with Gasteiger partial charge in [0.05, 0.1) is 23.9 Å². The lowest BCUT2D eigenvalue weighted by Gasteiger charge is -2.43. The van der Waals surface area contributed by atoms with E-state index in [1.807, 2.05) is 36.8 Å². The molecular weight excluding hydrogens is 896 g/mol. The van der Waals surface area contributed by atoms with E-state index in [1.165, 1.54) is 22.2 Å². The second-order valence-corrected chi connectivity index (χ2v) is 23.9. The first-order valence-corrected chi connectivity index (χ1v) is 25.8. The Bertz CT molecular complexity index is 3860. The molecule has 0 fully saturated rings. The summed E-state index contributed by atoms with van der Waals surface area (Å²) in [6.45, 7) is 29.5. The number of furan rings is 4. The molecule has 0 saturated heterocycles. The Morgan fingerprint density at radius 3 is 1.21 bits per heavy atom. The first kappa shape index (κ1) is 45.2. The molecule has 0 saturated carbocycles. The van der Waals surface area contributed by atoms with Gasteiger partial charge in [0.25, 0.3) is 6.71 Å². The summed E-state index contributed by atoms with van der Waals surface area (Å²) >= 11 is 0. The maximum absolute atomic E-state index is 7.49. The number of fused-ring (bicyclic) bond motifs is 10. The molecular formula is C66H61BN2O4. The molecule has 2 aliphatic heterocycles. The van der Waals surface area contributed by atoms with Crippen LogP contribution in [0.5, 0.6) is 0 Å². The fourth-order valence-electron chi connectivity index (χ4n) is 12.2. The van der Waals surface area contributed by atoms with Gasteiger partial charge in [0.1, 0.15) is 22.3 Å². The number of hydrogen-bond acceptors (Lipinski definition) is 6. The maximum Gasteiger partial charge on any atom is 0.262 e. The molecule has 13 rings (SSSR count). The van der Waals surface area contributed by atoms with E-state index in [0.29, 0.717) is 0 Å². The largest absolute Gasteiger partial charge is 0.464 e. The smallest absolute Gasteiger partial charge is 0.262 e. The fourth-order valence-corrected chi connectivity index (χ4v) is 12.2. The molecule has 0 unspecified atom stereocenters. The van der Waals surface area contributed by atoms with Gasteiger partial charge in [0.2, 0.25) is 11.8 Å². The van der Waals surface area contributed by atoms with Crippen LogP contribution in [-0.2, 0) is 16.2 Å². The molecule has 362 valence electrons. The average Bonchev–Trinajstić information content (AvgIpc) is 4.15. The van der Waals surface area contributed by atoms with Gasteiger partial charge in [-0.1, -0.05) is 135 Å². The van der Waals surface area contributed by atoms with Crippen LogP contribution < -0.4 is 26.2 Å². The topological polar surface area (TPSA) is 59.0 Å². The van der Waals surface area contributed by atoms with Gasteiger partial charge in [-0.05, 0) is 148 Å². The van der Waals surface area contributed by atoms with E-state index < -0.39 is 0 Å². The van der Waals surface area contributed by atoms with Gasteiger partial charge in [0.15, 0.2) is 0 Å². The zero-order valence-corrected chi connectivity index (χ0v) is 44.3. The molecule has 0 radical (unpaired) electrons. The van der Waals surface area contributed by atoms with Crippen LogP contribution in [-0.4, -0.2) is 6.71 Å². The summed E-state index contributed by atoms with van der Waals surface area (Å²) in [6, 6.07) is 44.3. The van der Waals surface area contributed by atoms with Crippen molar-refractivity contribution in [3.8, 4) is 22.3 Å². The highest BCUT2D eigenvalue weighted by molar-refractivity contribution is 7.02. The Kier molecular flexibility index (Phi) is 9.57. The molecule has 0 atom stereocenters. The summed E-state index contributed by atoms with van der Waals surface area (Å²) in [6.07, 6.45) is 3.84. The zero-order chi connectivity index (χ0) is 50.8. The van der Waals surface area contributed by atoms with E-state index in [1.54, 1.807) is 0 Å². The van der Waals surface area contributed by atoms with Gasteiger partial charge in [0, 0.05) is 55.0 Å². The van der Waals surface area contributed by atoms with Crippen molar-refractivity contribution in [1.82, 2.24) is 0 Å². The Labute approximate surface area is 428 Å². The highest BCUT2D eigenvalue weighted by Gasteiger charge is 2.50. The van der Waals surface area contributed by atoms with E-state index >= 15 is 0 Å². The highest BCUT2D eigenvalue weighted by atomic mass is 16.4. The first-order valence-electron chi connectivity index (χ1n) is 25.8. The van der Waals surface area contributed by atoms with Crippen LogP contribution in [0.3, 0.4) is 0 Å². The van der Waals surface area contributed by atoms with Gasteiger partial charge in [-0.15, -0.1) is 0 Å². The minimum absolute atomic E-state index is 0.106. The quantitative estimate of drug-likeness (QED) is 0.164.